The maximum Gasteiger partial charge on any atom is 0.243 e. The molecule has 0 radical (unpaired) electrons. The second kappa shape index (κ2) is 7.59. The molecule has 0 bridgehead atoms. The number of nitrogens with one attached hydrogen (secondary N) is 1. The maximum atomic E-state index is 12.5. The molecule has 1 N–H and O–H groups in total. The second-order valence-electron chi connectivity index (χ2n) is 4.80. The Morgan fingerprint density at radius 1 is 1.09 bits per heavy atom. The highest BCUT2D eigenvalue weighted by Crippen LogP contribution is 2.16. The van der Waals surface area contributed by atoms with Crippen LogP contribution < -0.4 is 5.32 Å². The van der Waals surface area contributed by atoms with Crippen LogP contribution in [0.25, 0.3) is 0 Å². The van der Waals surface area contributed by atoms with Gasteiger partial charge in [0.25, 0.3) is 0 Å². The van der Waals surface area contributed by atoms with E-state index in [0.29, 0.717) is 10.7 Å². The fraction of sp³-hybridized carbons (Fsp3) is 0.188. The molecular formula is C16H17ClN2O3S. The Morgan fingerprint density at radius 3 is 2.26 bits per heavy atom. The molecule has 2 aromatic rings. The lowest BCUT2D eigenvalue weighted by atomic mass is 10.3. The highest BCUT2D eigenvalue weighted by atomic mass is 35.5. The number of hydrogen-bond donors (Lipinski definition) is 1. The van der Waals surface area contributed by atoms with Gasteiger partial charge in [-0.25, -0.2) is 8.42 Å². The van der Waals surface area contributed by atoms with E-state index < -0.39 is 15.9 Å². The molecule has 2 aromatic carbocycles. The van der Waals surface area contributed by atoms with Gasteiger partial charge in [0.1, 0.15) is 0 Å². The Labute approximate surface area is 140 Å². The Balaban J connectivity index is 2.09. The standard InChI is InChI=1S/C16H17ClN2O3S/c1-2-19(23(21,22)15-6-4-3-5-7-15)12-16(20)18-14-10-8-13(17)9-11-14/h3-11H,2,12H2,1H3,(H,18,20). The zero-order valence-corrected chi connectivity index (χ0v) is 14.1. The Kier molecular flexibility index (Phi) is 5.76. The van der Waals surface area contributed by atoms with E-state index in [1.807, 2.05) is 0 Å². The summed E-state index contributed by atoms with van der Waals surface area (Å²) in [5.74, 6) is -0.409. The Bertz CT molecular complexity index is 762. The van der Waals surface area contributed by atoms with Gasteiger partial charge in [-0.05, 0) is 36.4 Å². The highest BCUT2D eigenvalue weighted by molar-refractivity contribution is 7.89. The van der Waals surface area contributed by atoms with Gasteiger partial charge in [-0.1, -0.05) is 36.7 Å². The van der Waals surface area contributed by atoms with E-state index in [0.717, 1.165) is 4.31 Å². The number of carbonyl (C=O) groups excluding carboxylic acids is 1. The average Bonchev–Trinajstić information content (AvgIpc) is 2.55. The summed E-state index contributed by atoms with van der Waals surface area (Å²) in [5.41, 5.74) is 0.563. The monoisotopic (exact) mass is 352 g/mol. The van der Waals surface area contributed by atoms with Gasteiger partial charge in [-0.2, -0.15) is 4.31 Å². The molecule has 23 heavy (non-hydrogen) atoms. The molecule has 0 spiro atoms. The molecule has 1 amide bonds. The van der Waals surface area contributed by atoms with Crippen molar-refractivity contribution < 1.29 is 13.2 Å². The molecule has 0 atom stereocenters. The van der Waals surface area contributed by atoms with Crippen LogP contribution in [0.5, 0.6) is 0 Å². The molecule has 0 saturated carbocycles. The van der Waals surface area contributed by atoms with Crippen molar-refractivity contribution in [2.45, 2.75) is 11.8 Å². The number of anilines is 1. The predicted molar refractivity (Wildman–Crippen MR) is 91.0 cm³/mol. The van der Waals surface area contributed by atoms with Crippen LogP contribution in [0.3, 0.4) is 0 Å². The van der Waals surface area contributed by atoms with Gasteiger partial charge in [0.05, 0.1) is 11.4 Å². The second-order valence-corrected chi connectivity index (χ2v) is 7.17. The Morgan fingerprint density at radius 2 is 1.70 bits per heavy atom. The van der Waals surface area contributed by atoms with Crippen LogP contribution in [0.1, 0.15) is 6.92 Å². The number of hydrogen-bond acceptors (Lipinski definition) is 3. The number of likely N-dealkylation sites (N-methyl/N-ethyl adjacent to an activating group) is 1. The third-order valence-electron chi connectivity index (χ3n) is 3.18. The van der Waals surface area contributed by atoms with Crippen LogP contribution >= 0.6 is 11.6 Å². The van der Waals surface area contributed by atoms with Crippen molar-refractivity contribution in [1.29, 1.82) is 0 Å². The fourth-order valence-corrected chi connectivity index (χ4v) is 3.55. The molecule has 7 heteroatoms. The third-order valence-corrected chi connectivity index (χ3v) is 5.37. The topological polar surface area (TPSA) is 66.5 Å². The van der Waals surface area contributed by atoms with Crippen LogP contribution in [0.4, 0.5) is 5.69 Å². The molecule has 0 aromatic heterocycles. The zero-order valence-electron chi connectivity index (χ0n) is 12.6. The van der Waals surface area contributed by atoms with Crippen LogP contribution in [0.2, 0.25) is 5.02 Å². The van der Waals surface area contributed by atoms with Gasteiger partial charge in [-0.3, -0.25) is 4.79 Å². The number of amides is 1. The van der Waals surface area contributed by atoms with Gasteiger partial charge < -0.3 is 5.32 Å². The molecule has 0 aliphatic carbocycles. The summed E-state index contributed by atoms with van der Waals surface area (Å²) in [7, 11) is -3.69. The van der Waals surface area contributed by atoms with Gasteiger partial charge in [0.15, 0.2) is 0 Å². The number of sulfonamides is 1. The Hall–Kier alpha value is -1.89. The largest absolute Gasteiger partial charge is 0.325 e. The minimum absolute atomic E-state index is 0.168. The van der Waals surface area contributed by atoms with Crippen molar-refractivity contribution in [3.8, 4) is 0 Å². The van der Waals surface area contributed by atoms with E-state index >= 15 is 0 Å². The van der Waals surface area contributed by atoms with E-state index in [4.69, 9.17) is 11.6 Å². The maximum absolute atomic E-state index is 12.5. The number of carbonyl (C=O) groups is 1. The first-order chi connectivity index (χ1) is 10.9. The summed E-state index contributed by atoms with van der Waals surface area (Å²) in [6, 6.07) is 14.7. The third kappa shape index (κ3) is 4.54. The van der Waals surface area contributed by atoms with Crippen molar-refractivity contribution in [2.75, 3.05) is 18.4 Å². The summed E-state index contributed by atoms with van der Waals surface area (Å²) >= 11 is 5.78. The minimum atomic E-state index is -3.69. The van der Waals surface area contributed by atoms with Crippen molar-refractivity contribution in [1.82, 2.24) is 4.31 Å². The lowest BCUT2D eigenvalue weighted by Gasteiger charge is -2.20. The fourth-order valence-electron chi connectivity index (χ4n) is 2.00. The van der Waals surface area contributed by atoms with Crippen molar-refractivity contribution in [3.63, 3.8) is 0 Å². The molecule has 122 valence electrons. The first-order valence-electron chi connectivity index (χ1n) is 7.04. The van der Waals surface area contributed by atoms with E-state index in [1.54, 1.807) is 49.4 Å². The molecule has 0 aliphatic rings. The SMILES string of the molecule is CCN(CC(=O)Nc1ccc(Cl)cc1)S(=O)(=O)c1ccccc1. The smallest absolute Gasteiger partial charge is 0.243 e. The van der Waals surface area contributed by atoms with Crippen molar-refractivity contribution in [2.24, 2.45) is 0 Å². The van der Waals surface area contributed by atoms with Crippen molar-refractivity contribution in [3.05, 3.63) is 59.6 Å². The van der Waals surface area contributed by atoms with Crippen LogP contribution in [-0.2, 0) is 14.8 Å². The highest BCUT2D eigenvalue weighted by Gasteiger charge is 2.24. The number of halogens is 1. The first-order valence-corrected chi connectivity index (χ1v) is 8.86. The van der Waals surface area contributed by atoms with E-state index in [-0.39, 0.29) is 18.0 Å². The molecule has 0 saturated heterocycles. The first kappa shape index (κ1) is 17.5. The normalized spacial score (nSPS) is 11.4. The summed E-state index contributed by atoms with van der Waals surface area (Å²) in [5, 5.41) is 3.21. The number of nitrogens with zero attached hydrogens (tertiary/aromatic N) is 1. The summed E-state index contributed by atoms with van der Waals surface area (Å²) in [6.45, 7) is 1.64. The molecule has 0 aliphatic heterocycles. The minimum Gasteiger partial charge on any atom is -0.325 e. The van der Waals surface area contributed by atoms with E-state index in [1.165, 1.54) is 12.1 Å². The lowest BCUT2D eigenvalue weighted by molar-refractivity contribution is -0.116. The number of rotatable bonds is 6. The predicted octanol–water partition coefficient (Wildman–Crippen LogP) is 2.99. The molecule has 2 rings (SSSR count). The molecule has 5 nitrogen and oxygen atoms in total. The van der Waals surface area contributed by atoms with E-state index in [9.17, 15) is 13.2 Å². The summed E-state index contributed by atoms with van der Waals surface area (Å²) in [4.78, 5) is 12.3. The van der Waals surface area contributed by atoms with Gasteiger partial charge in [0, 0.05) is 17.3 Å². The van der Waals surface area contributed by atoms with E-state index in [2.05, 4.69) is 5.32 Å². The quantitative estimate of drug-likeness (QED) is 0.869. The molecule has 0 heterocycles. The van der Waals surface area contributed by atoms with Gasteiger partial charge in [0.2, 0.25) is 15.9 Å². The molecule has 0 fully saturated rings. The van der Waals surface area contributed by atoms with Crippen LogP contribution in [0.15, 0.2) is 59.5 Å². The number of benzene rings is 2. The van der Waals surface area contributed by atoms with Crippen LogP contribution in [0, 0.1) is 0 Å². The molecular weight excluding hydrogens is 336 g/mol. The van der Waals surface area contributed by atoms with Crippen LogP contribution in [-0.4, -0.2) is 31.7 Å². The summed E-state index contributed by atoms with van der Waals surface area (Å²) in [6.07, 6.45) is 0. The average molecular weight is 353 g/mol. The van der Waals surface area contributed by atoms with Crippen molar-refractivity contribution >= 4 is 33.2 Å². The van der Waals surface area contributed by atoms with Gasteiger partial charge >= 0.3 is 0 Å². The summed E-state index contributed by atoms with van der Waals surface area (Å²) < 4.78 is 26.2. The van der Waals surface area contributed by atoms with Gasteiger partial charge in [-0.15, -0.1) is 0 Å². The lowest BCUT2D eigenvalue weighted by Crippen LogP contribution is -2.37. The zero-order chi connectivity index (χ0) is 16.9. The molecule has 0 unspecified atom stereocenters.